The Morgan fingerprint density at radius 2 is 1.94 bits per heavy atom. The van der Waals surface area contributed by atoms with E-state index >= 15 is 0 Å². The molecule has 0 spiro atoms. The molecule has 0 radical (unpaired) electrons. The fraction of sp³-hybridized carbons (Fsp3) is 0.211. The normalized spacial score (nSPS) is 11.2. The van der Waals surface area contributed by atoms with Gasteiger partial charge in [-0.3, -0.25) is 14.2 Å². The van der Waals surface area contributed by atoms with Gasteiger partial charge in [0.05, 0.1) is 24.2 Å². The number of alkyl halides is 3. The predicted molar refractivity (Wildman–Crippen MR) is 106 cm³/mol. The Hall–Kier alpha value is -3.54. The molecule has 0 aliphatic rings. The van der Waals surface area contributed by atoms with Crippen molar-refractivity contribution in [3.8, 4) is 11.3 Å². The van der Waals surface area contributed by atoms with E-state index in [1.807, 2.05) is 0 Å². The van der Waals surface area contributed by atoms with Gasteiger partial charge in [0.15, 0.2) is 10.8 Å². The molecular formula is C19H15F3N4O4S. The quantitative estimate of drug-likeness (QED) is 0.576. The topological polar surface area (TPSA) is 103 Å². The summed E-state index contributed by atoms with van der Waals surface area (Å²) < 4.78 is 43.8. The first-order valence-electron chi connectivity index (χ1n) is 8.84. The van der Waals surface area contributed by atoms with Crippen molar-refractivity contribution in [2.24, 2.45) is 0 Å². The van der Waals surface area contributed by atoms with Gasteiger partial charge in [-0.15, -0.1) is 11.3 Å². The Morgan fingerprint density at radius 3 is 2.55 bits per heavy atom. The third-order valence-electron chi connectivity index (χ3n) is 3.94. The fourth-order valence-electron chi connectivity index (χ4n) is 2.48. The molecule has 8 nitrogen and oxygen atoms in total. The minimum atomic E-state index is -4.46. The Labute approximate surface area is 177 Å². The van der Waals surface area contributed by atoms with E-state index in [4.69, 9.17) is 4.74 Å². The summed E-state index contributed by atoms with van der Waals surface area (Å²) in [6, 6.07) is 5.34. The molecule has 2 aromatic heterocycles. The van der Waals surface area contributed by atoms with Crippen LogP contribution in [0.5, 0.6) is 0 Å². The van der Waals surface area contributed by atoms with E-state index in [1.165, 1.54) is 17.5 Å². The van der Waals surface area contributed by atoms with Gasteiger partial charge in [0.1, 0.15) is 6.54 Å². The molecule has 0 aliphatic carbocycles. The number of rotatable bonds is 6. The molecule has 1 aromatic carbocycles. The van der Waals surface area contributed by atoms with Crippen molar-refractivity contribution in [1.82, 2.24) is 14.5 Å². The predicted octanol–water partition coefficient (Wildman–Crippen LogP) is 3.20. The Balaban J connectivity index is 1.67. The van der Waals surface area contributed by atoms with Crippen molar-refractivity contribution in [3.05, 3.63) is 63.7 Å². The number of esters is 1. The van der Waals surface area contributed by atoms with Crippen molar-refractivity contribution >= 4 is 28.3 Å². The van der Waals surface area contributed by atoms with Crippen LogP contribution in [0.25, 0.3) is 11.3 Å². The number of halogens is 3. The maximum absolute atomic E-state index is 12.7. The summed E-state index contributed by atoms with van der Waals surface area (Å²) in [5, 5.41) is 4.06. The number of thiazole rings is 1. The van der Waals surface area contributed by atoms with Gasteiger partial charge in [0.25, 0.3) is 5.56 Å². The van der Waals surface area contributed by atoms with E-state index < -0.39 is 29.2 Å². The molecule has 0 bridgehead atoms. The molecule has 12 heteroatoms. The Bertz CT molecular complexity index is 1160. The van der Waals surface area contributed by atoms with Crippen molar-refractivity contribution < 1.29 is 27.5 Å². The molecule has 0 saturated heterocycles. The number of benzene rings is 1. The van der Waals surface area contributed by atoms with Crippen LogP contribution in [0.2, 0.25) is 0 Å². The molecule has 3 rings (SSSR count). The molecule has 0 aliphatic heterocycles. The number of anilines is 1. The second-order valence-electron chi connectivity index (χ2n) is 6.12. The summed E-state index contributed by atoms with van der Waals surface area (Å²) in [5.74, 6) is -1.19. The van der Waals surface area contributed by atoms with Crippen LogP contribution in [0, 0.1) is 0 Å². The van der Waals surface area contributed by atoms with Gasteiger partial charge in [-0.25, -0.2) is 14.8 Å². The zero-order valence-electron chi connectivity index (χ0n) is 16.0. The smallest absolute Gasteiger partial charge is 0.416 e. The minimum absolute atomic E-state index is 0.0573. The van der Waals surface area contributed by atoms with Crippen LogP contribution in [0.15, 0.2) is 46.8 Å². The lowest BCUT2D eigenvalue weighted by Crippen LogP contribution is -2.27. The maximum Gasteiger partial charge on any atom is 0.416 e. The van der Waals surface area contributed by atoms with Gasteiger partial charge in [-0.05, 0) is 19.1 Å². The molecular weight excluding hydrogens is 437 g/mol. The van der Waals surface area contributed by atoms with E-state index in [2.05, 4.69) is 15.3 Å². The summed E-state index contributed by atoms with van der Waals surface area (Å²) in [5.41, 5.74) is -0.812. The zero-order valence-corrected chi connectivity index (χ0v) is 16.8. The maximum atomic E-state index is 12.7. The fourth-order valence-corrected chi connectivity index (χ4v) is 3.17. The minimum Gasteiger partial charge on any atom is -0.461 e. The van der Waals surface area contributed by atoms with Crippen molar-refractivity contribution in [3.63, 3.8) is 0 Å². The van der Waals surface area contributed by atoms with E-state index in [-0.39, 0.29) is 29.7 Å². The number of nitrogens with zero attached hydrogens (tertiary/aromatic N) is 3. The largest absolute Gasteiger partial charge is 0.461 e. The molecule has 1 N–H and O–H groups in total. The number of amides is 1. The van der Waals surface area contributed by atoms with Gasteiger partial charge in [-0.1, -0.05) is 12.1 Å². The number of carbonyl (C=O) groups excluding carboxylic acids is 2. The van der Waals surface area contributed by atoms with Crippen LogP contribution >= 0.6 is 11.3 Å². The van der Waals surface area contributed by atoms with Gasteiger partial charge < -0.3 is 10.1 Å². The number of hydrogen-bond donors (Lipinski definition) is 1. The first kappa shape index (κ1) is 22.2. The van der Waals surface area contributed by atoms with Crippen LogP contribution in [-0.4, -0.2) is 33.0 Å². The second kappa shape index (κ2) is 9.08. The van der Waals surface area contributed by atoms with E-state index in [1.54, 1.807) is 6.92 Å². The molecule has 1 amide bonds. The van der Waals surface area contributed by atoms with Crippen LogP contribution in [0.1, 0.15) is 23.0 Å². The van der Waals surface area contributed by atoms with Gasteiger partial charge >= 0.3 is 12.1 Å². The van der Waals surface area contributed by atoms with E-state index in [0.717, 1.165) is 40.4 Å². The molecule has 0 unspecified atom stereocenters. The average Bonchev–Trinajstić information content (AvgIpc) is 3.17. The first-order chi connectivity index (χ1) is 14.7. The summed E-state index contributed by atoms with van der Waals surface area (Å²) in [4.78, 5) is 44.0. The Kier molecular flexibility index (Phi) is 6.49. The van der Waals surface area contributed by atoms with Gasteiger partial charge in [-0.2, -0.15) is 13.2 Å². The number of nitrogens with one attached hydrogen (secondary N) is 1. The summed E-state index contributed by atoms with van der Waals surface area (Å²) in [6.07, 6.45) is -3.34. The lowest BCUT2D eigenvalue weighted by molar-refractivity contribution is -0.137. The second-order valence-corrected chi connectivity index (χ2v) is 6.98. The van der Waals surface area contributed by atoms with Crippen molar-refractivity contribution in [1.29, 1.82) is 0 Å². The monoisotopic (exact) mass is 452 g/mol. The Morgan fingerprint density at radius 1 is 1.23 bits per heavy atom. The van der Waals surface area contributed by atoms with E-state index in [9.17, 15) is 27.6 Å². The van der Waals surface area contributed by atoms with Crippen LogP contribution in [0.3, 0.4) is 0 Å². The zero-order chi connectivity index (χ0) is 22.6. The standard InChI is InChI=1S/C19H15F3N4O4S/c1-2-30-17(29)14-9-31-18(24-14)25-15(27)8-26-10-23-13(7-16(26)28)11-3-5-12(6-4-11)19(20,21)22/h3-7,9-10H,2,8H2,1H3,(H,24,25,27). The molecule has 3 aromatic rings. The van der Waals surface area contributed by atoms with Crippen molar-refractivity contribution in [2.45, 2.75) is 19.6 Å². The summed E-state index contributed by atoms with van der Waals surface area (Å²) in [7, 11) is 0. The first-order valence-corrected chi connectivity index (χ1v) is 9.72. The number of aromatic nitrogens is 3. The molecule has 0 fully saturated rings. The van der Waals surface area contributed by atoms with Crippen LogP contribution in [0.4, 0.5) is 18.3 Å². The highest BCUT2D eigenvalue weighted by Gasteiger charge is 2.30. The van der Waals surface area contributed by atoms with Gasteiger partial charge in [0, 0.05) is 17.0 Å². The summed E-state index contributed by atoms with van der Waals surface area (Å²) in [6.45, 7) is 1.48. The highest BCUT2D eigenvalue weighted by molar-refractivity contribution is 7.14. The van der Waals surface area contributed by atoms with Crippen LogP contribution in [-0.2, 0) is 22.3 Å². The molecule has 162 valence electrons. The SMILES string of the molecule is CCOC(=O)c1csc(NC(=O)Cn2cnc(-c3ccc(C(F)(F)F)cc3)cc2=O)n1. The molecule has 2 heterocycles. The lowest BCUT2D eigenvalue weighted by atomic mass is 10.1. The molecule has 0 saturated carbocycles. The summed E-state index contributed by atoms with van der Waals surface area (Å²) >= 11 is 1.02. The third kappa shape index (κ3) is 5.54. The van der Waals surface area contributed by atoms with Crippen LogP contribution < -0.4 is 10.9 Å². The number of ether oxygens (including phenoxy) is 1. The molecule has 0 atom stereocenters. The van der Waals surface area contributed by atoms with Gasteiger partial charge in [0.2, 0.25) is 5.91 Å². The van der Waals surface area contributed by atoms with E-state index in [0.29, 0.717) is 5.56 Å². The highest BCUT2D eigenvalue weighted by atomic mass is 32.1. The number of hydrogen-bond acceptors (Lipinski definition) is 7. The van der Waals surface area contributed by atoms with Crippen molar-refractivity contribution in [2.75, 3.05) is 11.9 Å². The average molecular weight is 452 g/mol. The lowest BCUT2D eigenvalue weighted by Gasteiger charge is -2.08. The molecule has 31 heavy (non-hydrogen) atoms. The highest BCUT2D eigenvalue weighted by Crippen LogP contribution is 2.30. The third-order valence-corrected chi connectivity index (χ3v) is 4.69. The number of carbonyl (C=O) groups is 2.